The summed E-state index contributed by atoms with van der Waals surface area (Å²) in [7, 11) is -1.94. The molecule has 8 nitrogen and oxygen atoms in total. The number of morpholine rings is 1. The molecule has 1 saturated heterocycles. The summed E-state index contributed by atoms with van der Waals surface area (Å²) in [5, 5.41) is 2.91. The van der Waals surface area contributed by atoms with Gasteiger partial charge in [-0.1, -0.05) is 18.2 Å². The predicted molar refractivity (Wildman–Crippen MR) is 126 cm³/mol. The first-order valence-corrected chi connectivity index (χ1v) is 12.5. The van der Waals surface area contributed by atoms with E-state index < -0.39 is 10.0 Å². The lowest BCUT2D eigenvalue weighted by Crippen LogP contribution is -2.36. The van der Waals surface area contributed by atoms with Gasteiger partial charge in [0, 0.05) is 44.4 Å². The Labute approximate surface area is 190 Å². The van der Waals surface area contributed by atoms with Crippen LogP contribution in [0.3, 0.4) is 0 Å². The van der Waals surface area contributed by atoms with Gasteiger partial charge in [-0.05, 0) is 36.2 Å². The maximum atomic E-state index is 12.3. The highest BCUT2D eigenvalue weighted by Gasteiger charge is 2.18. The van der Waals surface area contributed by atoms with Crippen molar-refractivity contribution in [2.24, 2.45) is 0 Å². The Hall–Kier alpha value is -2.78. The van der Waals surface area contributed by atoms with Gasteiger partial charge in [0.1, 0.15) is 5.75 Å². The highest BCUT2D eigenvalue weighted by molar-refractivity contribution is 7.92. The van der Waals surface area contributed by atoms with E-state index in [1.807, 2.05) is 12.1 Å². The molecule has 1 fully saturated rings. The van der Waals surface area contributed by atoms with Crippen LogP contribution >= 0.6 is 0 Å². The van der Waals surface area contributed by atoms with Crippen LogP contribution in [-0.2, 0) is 26.1 Å². The van der Waals surface area contributed by atoms with Crippen molar-refractivity contribution in [3.05, 3.63) is 54.1 Å². The fourth-order valence-electron chi connectivity index (χ4n) is 3.57. The largest absolute Gasteiger partial charge is 0.497 e. The molecule has 2 aromatic rings. The maximum absolute atomic E-state index is 12.3. The molecule has 9 heteroatoms. The van der Waals surface area contributed by atoms with Gasteiger partial charge in [0.2, 0.25) is 15.9 Å². The molecule has 1 amide bonds. The van der Waals surface area contributed by atoms with Gasteiger partial charge in [0.05, 0.1) is 32.3 Å². The number of hydrogen-bond acceptors (Lipinski definition) is 6. The van der Waals surface area contributed by atoms with Gasteiger partial charge in [0.15, 0.2) is 0 Å². The highest BCUT2D eigenvalue weighted by atomic mass is 32.2. The molecule has 0 unspecified atom stereocenters. The third-order valence-corrected chi connectivity index (χ3v) is 6.50. The molecule has 3 rings (SSSR count). The van der Waals surface area contributed by atoms with Crippen LogP contribution in [0.15, 0.2) is 48.5 Å². The van der Waals surface area contributed by atoms with Crippen molar-refractivity contribution in [3.63, 3.8) is 0 Å². The average Bonchev–Trinajstić information content (AvgIpc) is 2.80. The summed E-state index contributed by atoms with van der Waals surface area (Å²) in [5.41, 5.74) is 2.69. The normalized spacial score (nSPS) is 14.1. The Kier molecular flexibility index (Phi) is 8.35. The van der Waals surface area contributed by atoms with Crippen LogP contribution in [0.4, 0.5) is 11.4 Å². The molecular formula is C23H31N3O5S. The molecule has 0 bridgehead atoms. The van der Waals surface area contributed by atoms with E-state index in [4.69, 9.17) is 9.47 Å². The first-order valence-electron chi connectivity index (χ1n) is 10.7. The van der Waals surface area contributed by atoms with E-state index in [1.165, 1.54) is 11.4 Å². The molecule has 32 heavy (non-hydrogen) atoms. The molecule has 174 valence electrons. The number of sulfonamides is 1. The number of carbonyl (C=O) groups excluding carboxylic acids is 1. The Bertz CT molecular complexity index is 989. The van der Waals surface area contributed by atoms with Crippen LogP contribution in [0.1, 0.15) is 18.4 Å². The van der Waals surface area contributed by atoms with Crippen LogP contribution < -0.4 is 19.3 Å². The summed E-state index contributed by atoms with van der Waals surface area (Å²) < 4.78 is 36.3. The Morgan fingerprint density at radius 1 is 1.16 bits per heavy atom. The van der Waals surface area contributed by atoms with Gasteiger partial charge in [-0.3, -0.25) is 9.10 Å². The van der Waals surface area contributed by atoms with E-state index >= 15 is 0 Å². The number of anilines is 2. The second-order valence-electron chi connectivity index (χ2n) is 7.68. The van der Waals surface area contributed by atoms with Gasteiger partial charge in [0.25, 0.3) is 0 Å². The fraction of sp³-hybridized carbons (Fsp3) is 0.435. The van der Waals surface area contributed by atoms with Crippen molar-refractivity contribution < 1.29 is 22.7 Å². The Morgan fingerprint density at radius 3 is 2.53 bits per heavy atom. The number of methoxy groups -OCH3 is 1. The van der Waals surface area contributed by atoms with Gasteiger partial charge >= 0.3 is 0 Å². The fourth-order valence-corrected chi connectivity index (χ4v) is 4.53. The summed E-state index contributed by atoms with van der Waals surface area (Å²) in [6, 6.07) is 15.0. The van der Waals surface area contributed by atoms with Crippen molar-refractivity contribution >= 4 is 27.3 Å². The minimum absolute atomic E-state index is 0.110. The zero-order valence-corrected chi connectivity index (χ0v) is 19.4. The van der Waals surface area contributed by atoms with Crippen molar-refractivity contribution in [2.45, 2.75) is 19.4 Å². The standard InChI is InChI=1S/C23H31N3O5S/c1-30-22-6-3-5-21(17-22)26(32(2,28)29)12-4-7-23(27)24-18-19-8-10-20(11-9-19)25-13-15-31-16-14-25/h3,5-6,8-11,17H,4,7,12-16,18H2,1-2H3,(H,24,27). The second-order valence-corrected chi connectivity index (χ2v) is 9.59. The monoisotopic (exact) mass is 461 g/mol. The summed E-state index contributed by atoms with van der Waals surface area (Å²) >= 11 is 0. The third-order valence-electron chi connectivity index (χ3n) is 5.31. The van der Waals surface area contributed by atoms with Crippen LogP contribution in [-0.4, -0.2) is 60.5 Å². The molecule has 1 heterocycles. The summed E-state index contributed by atoms with van der Waals surface area (Å²) in [6.45, 7) is 3.91. The number of carbonyl (C=O) groups is 1. The lowest BCUT2D eigenvalue weighted by molar-refractivity contribution is -0.121. The molecular weight excluding hydrogens is 430 g/mol. The van der Waals surface area contributed by atoms with Crippen molar-refractivity contribution in [3.8, 4) is 5.75 Å². The predicted octanol–water partition coefficient (Wildman–Crippen LogP) is 2.39. The van der Waals surface area contributed by atoms with Crippen molar-refractivity contribution in [1.82, 2.24) is 5.32 Å². The molecule has 1 aliphatic rings. The van der Waals surface area contributed by atoms with Gasteiger partial charge in [-0.15, -0.1) is 0 Å². The number of nitrogens with one attached hydrogen (secondary N) is 1. The van der Waals surface area contributed by atoms with Gasteiger partial charge in [-0.2, -0.15) is 0 Å². The number of hydrogen-bond donors (Lipinski definition) is 1. The number of benzene rings is 2. The van der Waals surface area contributed by atoms with Crippen molar-refractivity contribution in [1.29, 1.82) is 0 Å². The van der Waals surface area contributed by atoms with E-state index in [0.717, 1.165) is 43.8 Å². The van der Waals surface area contributed by atoms with Gasteiger partial charge in [-0.25, -0.2) is 8.42 Å². The molecule has 0 saturated carbocycles. The minimum Gasteiger partial charge on any atom is -0.497 e. The smallest absolute Gasteiger partial charge is 0.232 e. The molecule has 1 aliphatic heterocycles. The minimum atomic E-state index is -3.48. The van der Waals surface area contributed by atoms with Crippen LogP contribution in [0.5, 0.6) is 5.75 Å². The Balaban J connectivity index is 1.47. The lowest BCUT2D eigenvalue weighted by Gasteiger charge is -2.28. The zero-order chi connectivity index (χ0) is 23.0. The molecule has 2 aromatic carbocycles. The number of nitrogens with zero attached hydrogens (tertiary/aromatic N) is 2. The maximum Gasteiger partial charge on any atom is 0.232 e. The van der Waals surface area contributed by atoms with Crippen molar-refractivity contribution in [2.75, 3.05) is 55.4 Å². The van der Waals surface area contributed by atoms with Crippen LogP contribution in [0.2, 0.25) is 0 Å². The highest BCUT2D eigenvalue weighted by Crippen LogP contribution is 2.23. The summed E-state index contributed by atoms with van der Waals surface area (Å²) in [5.74, 6) is 0.467. The first kappa shape index (κ1) is 23.9. The zero-order valence-electron chi connectivity index (χ0n) is 18.6. The van der Waals surface area contributed by atoms with Crippen LogP contribution in [0.25, 0.3) is 0 Å². The molecule has 0 aliphatic carbocycles. The van der Waals surface area contributed by atoms with Crippen LogP contribution in [0, 0.1) is 0 Å². The lowest BCUT2D eigenvalue weighted by atomic mass is 10.2. The van der Waals surface area contributed by atoms with Gasteiger partial charge < -0.3 is 19.7 Å². The van der Waals surface area contributed by atoms with E-state index in [1.54, 1.807) is 24.3 Å². The molecule has 0 aromatic heterocycles. The molecule has 0 radical (unpaired) electrons. The van der Waals surface area contributed by atoms with E-state index in [9.17, 15) is 13.2 Å². The third kappa shape index (κ3) is 6.86. The summed E-state index contributed by atoms with van der Waals surface area (Å²) in [6.07, 6.45) is 1.81. The SMILES string of the molecule is COc1cccc(N(CCCC(=O)NCc2ccc(N3CCOCC3)cc2)S(C)(=O)=O)c1. The molecule has 0 atom stereocenters. The number of rotatable bonds is 10. The quantitative estimate of drug-likeness (QED) is 0.585. The average molecular weight is 462 g/mol. The van der Waals surface area contributed by atoms with E-state index in [-0.39, 0.29) is 18.9 Å². The second kappa shape index (κ2) is 11.2. The number of ether oxygens (including phenoxy) is 2. The van der Waals surface area contributed by atoms with E-state index in [2.05, 4.69) is 22.3 Å². The van der Waals surface area contributed by atoms with E-state index in [0.29, 0.717) is 24.4 Å². The Morgan fingerprint density at radius 2 is 1.88 bits per heavy atom. The summed E-state index contributed by atoms with van der Waals surface area (Å²) in [4.78, 5) is 14.6. The molecule has 1 N–H and O–H groups in total. The first-order chi connectivity index (χ1) is 15.4. The molecule has 0 spiro atoms. The number of amides is 1. The topological polar surface area (TPSA) is 88.2 Å².